The van der Waals surface area contributed by atoms with Crippen molar-refractivity contribution in [2.24, 2.45) is 0 Å². The third-order valence-corrected chi connectivity index (χ3v) is 8.60. The molecule has 3 aromatic rings. The van der Waals surface area contributed by atoms with Crippen molar-refractivity contribution in [3.8, 4) is 0 Å². The van der Waals surface area contributed by atoms with E-state index in [2.05, 4.69) is 35.9 Å². The van der Waals surface area contributed by atoms with Crippen LogP contribution in [-0.2, 0) is 22.6 Å². The average molecular weight is 561 g/mol. The monoisotopic (exact) mass is 560 g/mol. The van der Waals surface area contributed by atoms with Crippen LogP contribution in [0, 0.1) is 11.6 Å². The average Bonchev–Trinajstić information content (AvgIpc) is 3.18. The summed E-state index contributed by atoms with van der Waals surface area (Å²) in [5.41, 5.74) is 2.89. The number of benzene rings is 3. The van der Waals surface area contributed by atoms with Gasteiger partial charge in [-0.1, -0.05) is 18.2 Å². The molecule has 0 saturated carbocycles. The first-order valence-corrected chi connectivity index (χ1v) is 14.2. The maximum atomic E-state index is 15.4. The van der Waals surface area contributed by atoms with E-state index in [0.29, 0.717) is 34.1 Å². The summed E-state index contributed by atoms with van der Waals surface area (Å²) in [5.74, 6) is -2.29. The van der Waals surface area contributed by atoms with Gasteiger partial charge in [0, 0.05) is 56.5 Å². The van der Waals surface area contributed by atoms with E-state index in [4.69, 9.17) is 0 Å². The van der Waals surface area contributed by atoms with Crippen LogP contribution in [0.1, 0.15) is 60.7 Å². The lowest BCUT2D eigenvalue weighted by molar-refractivity contribution is -0.134. The summed E-state index contributed by atoms with van der Waals surface area (Å²) in [6.07, 6.45) is 0.539. The second kappa shape index (κ2) is 10.3. The minimum atomic E-state index is -0.855. The van der Waals surface area contributed by atoms with Crippen molar-refractivity contribution in [3.05, 3.63) is 76.4 Å². The second-order valence-corrected chi connectivity index (χ2v) is 12.3. The Morgan fingerprint density at radius 3 is 2.34 bits per heavy atom. The molecular weight excluding hydrogens is 526 g/mol. The fourth-order valence-electron chi connectivity index (χ4n) is 6.36. The molecule has 3 heterocycles. The molecule has 2 saturated heterocycles. The van der Waals surface area contributed by atoms with Gasteiger partial charge in [-0.05, 0) is 73.5 Å². The van der Waals surface area contributed by atoms with E-state index in [9.17, 15) is 18.8 Å². The number of halogens is 2. The largest absolute Gasteiger partial charge is 0.297 e. The zero-order valence-electron chi connectivity index (χ0n) is 23.6. The van der Waals surface area contributed by atoms with Crippen molar-refractivity contribution in [2.75, 3.05) is 31.1 Å². The van der Waals surface area contributed by atoms with Gasteiger partial charge in [0.05, 0.1) is 11.3 Å². The van der Waals surface area contributed by atoms with Crippen molar-refractivity contribution in [3.63, 3.8) is 0 Å². The van der Waals surface area contributed by atoms with Gasteiger partial charge < -0.3 is 0 Å². The molecule has 3 aliphatic rings. The number of nitrogens with one attached hydrogen (secondary N) is 1. The van der Waals surface area contributed by atoms with Crippen LogP contribution >= 0.6 is 0 Å². The van der Waals surface area contributed by atoms with Gasteiger partial charge in [-0.25, -0.2) is 8.78 Å². The molecule has 0 aromatic heterocycles. The van der Waals surface area contributed by atoms with Crippen LogP contribution in [-0.4, -0.2) is 65.3 Å². The summed E-state index contributed by atoms with van der Waals surface area (Å²) in [5, 5.41) is 3.35. The first-order valence-electron chi connectivity index (χ1n) is 14.2. The molecule has 3 amide bonds. The first kappa shape index (κ1) is 27.5. The van der Waals surface area contributed by atoms with Crippen LogP contribution in [0.4, 0.5) is 14.5 Å². The zero-order valence-corrected chi connectivity index (χ0v) is 23.6. The zero-order chi connectivity index (χ0) is 29.1. The summed E-state index contributed by atoms with van der Waals surface area (Å²) < 4.78 is 30.1. The van der Waals surface area contributed by atoms with E-state index in [1.165, 1.54) is 17.0 Å². The number of amides is 3. The fourth-order valence-corrected chi connectivity index (χ4v) is 6.36. The predicted molar refractivity (Wildman–Crippen MR) is 153 cm³/mol. The van der Waals surface area contributed by atoms with Gasteiger partial charge in [-0.15, -0.1) is 0 Å². The molecule has 9 heteroatoms. The van der Waals surface area contributed by atoms with E-state index in [1.54, 1.807) is 24.3 Å². The van der Waals surface area contributed by atoms with Gasteiger partial charge in [0.25, 0.3) is 5.91 Å². The van der Waals surface area contributed by atoms with Crippen molar-refractivity contribution >= 4 is 34.2 Å². The number of piperazine rings is 1. The number of piperidine rings is 1. The number of carbonyl (C=O) groups is 3. The van der Waals surface area contributed by atoms with E-state index < -0.39 is 23.7 Å². The lowest BCUT2D eigenvalue weighted by atomic mass is 9.95. The van der Waals surface area contributed by atoms with E-state index in [-0.39, 0.29) is 42.1 Å². The number of anilines is 1. The molecule has 0 radical (unpaired) electrons. The van der Waals surface area contributed by atoms with Gasteiger partial charge in [0.2, 0.25) is 11.8 Å². The first-order chi connectivity index (χ1) is 19.5. The number of hydrogen-bond donors (Lipinski definition) is 1. The summed E-state index contributed by atoms with van der Waals surface area (Å²) in [6.45, 7) is 11.2. The highest BCUT2D eigenvalue weighted by Gasteiger charge is 2.41. The Balaban J connectivity index is 1.24. The molecular formula is C32H34F2N4O3. The van der Waals surface area contributed by atoms with Crippen LogP contribution in [0.5, 0.6) is 0 Å². The lowest BCUT2D eigenvalue weighted by Crippen LogP contribution is -2.53. The summed E-state index contributed by atoms with van der Waals surface area (Å²) >= 11 is 0. The quantitative estimate of drug-likeness (QED) is 0.469. The molecule has 1 atom stereocenters. The topological polar surface area (TPSA) is 73.0 Å². The summed E-state index contributed by atoms with van der Waals surface area (Å²) in [6, 6.07) is 10.5. The molecule has 1 N–H and O–H groups in total. The highest BCUT2D eigenvalue weighted by Crippen LogP contribution is 2.42. The number of hydrogen-bond acceptors (Lipinski definition) is 5. The minimum Gasteiger partial charge on any atom is -0.297 e. The van der Waals surface area contributed by atoms with Gasteiger partial charge >= 0.3 is 0 Å². The Labute approximate surface area is 238 Å². The van der Waals surface area contributed by atoms with Gasteiger partial charge in [-0.2, -0.15) is 0 Å². The molecule has 214 valence electrons. The number of rotatable bonds is 5. The molecule has 7 nitrogen and oxygen atoms in total. The van der Waals surface area contributed by atoms with Gasteiger partial charge in [0.15, 0.2) is 0 Å². The minimum absolute atomic E-state index is 0.120. The Morgan fingerprint density at radius 2 is 1.66 bits per heavy atom. The van der Waals surface area contributed by atoms with Crippen molar-refractivity contribution in [1.29, 1.82) is 0 Å². The number of carbonyl (C=O) groups excluding carboxylic acids is 3. The highest BCUT2D eigenvalue weighted by molar-refractivity contribution is 6.27. The maximum Gasteiger partial charge on any atom is 0.259 e. The Kier molecular flexibility index (Phi) is 6.90. The standard InChI is InChI=1S/C32H34F2N4O3/c1-32(2,3)37-12-10-36(11-13-37)18-19-4-5-21(25(34)14-19)15-20-6-7-26-29-23(20)16-22(33)17-24(29)31(41)38(26)27-8-9-28(39)35-30(27)40/h4-7,14,16-17,27H,8-13,15,18H2,1-3H3,(H,35,39,40)/t27-/m1/s1. The van der Waals surface area contributed by atoms with E-state index in [0.717, 1.165) is 31.7 Å². The second-order valence-electron chi connectivity index (χ2n) is 12.3. The maximum absolute atomic E-state index is 15.4. The van der Waals surface area contributed by atoms with E-state index >= 15 is 4.39 Å². The van der Waals surface area contributed by atoms with Crippen LogP contribution < -0.4 is 10.2 Å². The third kappa shape index (κ3) is 5.13. The van der Waals surface area contributed by atoms with Gasteiger partial charge in [-0.3, -0.25) is 34.4 Å². The third-order valence-electron chi connectivity index (χ3n) is 8.60. The Morgan fingerprint density at radius 1 is 0.927 bits per heavy atom. The molecule has 3 aromatic carbocycles. The Hall–Kier alpha value is -3.69. The number of imide groups is 1. The molecule has 0 bridgehead atoms. The molecule has 0 aliphatic carbocycles. The van der Waals surface area contributed by atoms with E-state index in [1.807, 2.05) is 6.07 Å². The Bertz CT molecular complexity index is 1570. The van der Waals surface area contributed by atoms with Crippen LogP contribution in [0.25, 0.3) is 10.8 Å². The molecule has 2 fully saturated rings. The number of nitrogens with zero attached hydrogens (tertiary/aromatic N) is 3. The predicted octanol–water partition coefficient (Wildman–Crippen LogP) is 4.39. The van der Waals surface area contributed by atoms with Crippen molar-refractivity contribution in [2.45, 2.75) is 58.2 Å². The molecule has 0 spiro atoms. The molecule has 41 heavy (non-hydrogen) atoms. The smallest absolute Gasteiger partial charge is 0.259 e. The normalized spacial score (nSPS) is 20.3. The fraction of sp³-hybridized carbons (Fsp3) is 0.406. The summed E-state index contributed by atoms with van der Waals surface area (Å²) in [4.78, 5) is 43.8. The molecule has 6 rings (SSSR count). The summed E-state index contributed by atoms with van der Waals surface area (Å²) in [7, 11) is 0. The van der Waals surface area contributed by atoms with Crippen LogP contribution in [0.15, 0.2) is 42.5 Å². The van der Waals surface area contributed by atoms with Gasteiger partial charge in [0.1, 0.15) is 17.7 Å². The SMILES string of the molecule is CC(C)(C)N1CCN(Cc2ccc(Cc3ccc4c5c(cc(F)cc35)C(=O)N4[C@@H]3CCC(=O)NC3=O)c(F)c2)CC1. The molecule has 3 aliphatic heterocycles. The van der Waals surface area contributed by atoms with Crippen molar-refractivity contribution < 1.29 is 23.2 Å². The van der Waals surface area contributed by atoms with Crippen LogP contribution in [0.3, 0.4) is 0 Å². The van der Waals surface area contributed by atoms with Crippen LogP contribution in [0.2, 0.25) is 0 Å². The molecule has 0 unspecified atom stereocenters. The lowest BCUT2D eigenvalue weighted by Gasteiger charge is -2.42. The van der Waals surface area contributed by atoms with Crippen molar-refractivity contribution in [1.82, 2.24) is 15.1 Å². The highest BCUT2D eigenvalue weighted by atomic mass is 19.1.